The van der Waals surface area contributed by atoms with Crippen molar-refractivity contribution in [1.82, 2.24) is 5.06 Å². The quantitative estimate of drug-likeness (QED) is 0.301. The number of benzene rings is 1. The Labute approximate surface area is 162 Å². The van der Waals surface area contributed by atoms with Crippen LogP contribution in [0, 0.1) is 0 Å². The first kappa shape index (κ1) is 17.8. The van der Waals surface area contributed by atoms with Gasteiger partial charge in [0, 0.05) is 35.8 Å². The Morgan fingerprint density at radius 1 is 1.00 bits per heavy atom. The number of carbonyl (C=O) groups excluding carboxylic acids is 1. The number of anilines is 1. The Morgan fingerprint density at radius 3 is 2.70 bits per heavy atom. The summed E-state index contributed by atoms with van der Waals surface area (Å²) in [6.07, 6.45) is 1.94. The van der Waals surface area contributed by atoms with E-state index in [4.69, 9.17) is 9.32 Å². The normalized spacial score (nSPS) is 14.8. The SMILES string of the molecule is CN(C)OOSc1ccc2c(c1)C(=Cc1ccc3cccccc1-3)C(=O)N2. The van der Waals surface area contributed by atoms with Crippen LogP contribution < -0.4 is 5.32 Å². The van der Waals surface area contributed by atoms with Crippen LogP contribution in [0.2, 0.25) is 0 Å². The standard InChI is InChI=1S/C21H18N2O3S/c1-23(2)25-26-27-16-10-11-20-18(13-16)19(21(24)22-20)12-15-9-8-14-6-4-3-5-7-17(14)15/h3-13H,1-2H3,(H,22,24). The zero-order chi connectivity index (χ0) is 18.8. The first-order chi connectivity index (χ1) is 13.1. The van der Waals surface area contributed by atoms with Gasteiger partial charge in [0.2, 0.25) is 0 Å². The van der Waals surface area contributed by atoms with Crippen molar-refractivity contribution < 1.29 is 14.1 Å². The third-order valence-corrected chi connectivity index (χ3v) is 4.78. The summed E-state index contributed by atoms with van der Waals surface area (Å²) in [5.41, 5.74) is 5.56. The van der Waals surface area contributed by atoms with Crippen molar-refractivity contribution >= 4 is 35.3 Å². The number of hydrogen-bond donors (Lipinski definition) is 1. The third-order valence-electron chi connectivity index (χ3n) is 4.21. The molecule has 0 saturated heterocycles. The van der Waals surface area contributed by atoms with Gasteiger partial charge in [-0.15, -0.1) is 9.32 Å². The van der Waals surface area contributed by atoms with E-state index < -0.39 is 0 Å². The lowest BCUT2D eigenvalue weighted by atomic mass is 10.0. The predicted octanol–water partition coefficient (Wildman–Crippen LogP) is 4.72. The number of rotatable bonds is 5. The molecule has 3 aliphatic rings. The summed E-state index contributed by atoms with van der Waals surface area (Å²) in [5, 5.41) is 4.37. The molecule has 0 unspecified atom stereocenters. The molecule has 1 heterocycles. The molecule has 136 valence electrons. The number of hydrogen-bond acceptors (Lipinski definition) is 5. The van der Waals surface area contributed by atoms with Gasteiger partial charge in [-0.05, 0) is 41.0 Å². The largest absolute Gasteiger partial charge is 0.321 e. The smallest absolute Gasteiger partial charge is 0.256 e. The van der Waals surface area contributed by atoms with E-state index in [2.05, 4.69) is 23.5 Å². The minimum absolute atomic E-state index is 0.104. The monoisotopic (exact) mass is 378 g/mol. The maximum atomic E-state index is 12.5. The highest BCUT2D eigenvalue weighted by Gasteiger charge is 2.25. The third kappa shape index (κ3) is 3.74. The van der Waals surface area contributed by atoms with Crippen molar-refractivity contribution in [3.05, 3.63) is 71.8 Å². The Kier molecular flexibility index (Phi) is 4.96. The zero-order valence-electron chi connectivity index (χ0n) is 14.9. The summed E-state index contributed by atoms with van der Waals surface area (Å²) in [4.78, 5) is 18.3. The molecule has 1 aliphatic heterocycles. The molecule has 0 fully saturated rings. The summed E-state index contributed by atoms with van der Waals surface area (Å²) in [5.74, 6) is -0.104. The first-order valence-electron chi connectivity index (χ1n) is 8.46. The Bertz CT molecular complexity index is 1000. The van der Waals surface area contributed by atoms with Gasteiger partial charge in [0.1, 0.15) is 0 Å². The summed E-state index contributed by atoms with van der Waals surface area (Å²) >= 11 is 1.10. The predicted molar refractivity (Wildman–Crippen MR) is 108 cm³/mol. The lowest BCUT2D eigenvalue weighted by molar-refractivity contribution is -0.340. The zero-order valence-corrected chi connectivity index (χ0v) is 15.7. The van der Waals surface area contributed by atoms with Crippen LogP contribution in [0.1, 0.15) is 11.1 Å². The maximum absolute atomic E-state index is 12.5. The van der Waals surface area contributed by atoms with E-state index in [1.807, 2.05) is 48.5 Å². The second-order valence-electron chi connectivity index (χ2n) is 6.33. The lowest BCUT2D eigenvalue weighted by Crippen LogP contribution is -2.10. The van der Waals surface area contributed by atoms with Crippen LogP contribution in [0.3, 0.4) is 0 Å². The van der Waals surface area contributed by atoms with Crippen LogP contribution in [0.25, 0.3) is 22.8 Å². The van der Waals surface area contributed by atoms with Gasteiger partial charge in [0.25, 0.3) is 5.91 Å². The summed E-state index contributed by atoms with van der Waals surface area (Å²) < 4.78 is 5.09. The van der Waals surface area contributed by atoms with Gasteiger partial charge in [0.15, 0.2) is 0 Å². The number of nitrogens with zero attached hydrogens (tertiary/aromatic N) is 1. The minimum Gasteiger partial charge on any atom is -0.321 e. The van der Waals surface area contributed by atoms with E-state index in [9.17, 15) is 4.79 Å². The van der Waals surface area contributed by atoms with E-state index in [1.54, 1.807) is 14.1 Å². The molecule has 1 N–H and O–H groups in total. The fourth-order valence-corrected chi connectivity index (χ4v) is 3.52. The Hall–Kier alpha value is -2.64. The second kappa shape index (κ2) is 7.54. The van der Waals surface area contributed by atoms with Crippen LogP contribution in [0.15, 0.2) is 65.6 Å². The molecule has 0 radical (unpaired) electrons. The molecule has 0 aromatic heterocycles. The minimum atomic E-state index is -0.104. The van der Waals surface area contributed by atoms with E-state index in [-0.39, 0.29) is 5.91 Å². The van der Waals surface area contributed by atoms with Crippen LogP contribution in [0.4, 0.5) is 5.69 Å². The Morgan fingerprint density at radius 2 is 1.85 bits per heavy atom. The molecule has 1 aromatic carbocycles. The van der Waals surface area contributed by atoms with Gasteiger partial charge in [0.05, 0.1) is 12.0 Å². The molecule has 6 heteroatoms. The molecule has 27 heavy (non-hydrogen) atoms. The molecule has 1 amide bonds. The number of amides is 1. The fourth-order valence-electron chi connectivity index (χ4n) is 3.00. The number of fused-ring (bicyclic) bond motifs is 2. The van der Waals surface area contributed by atoms with Gasteiger partial charge < -0.3 is 5.32 Å². The van der Waals surface area contributed by atoms with Gasteiger partial charge in [-0.2, -0.15) is 5.06 Å². The van der Waals surface area contributed by atoms with E-state index in [1.165, 1.54) is 5.06 Å². The average Bonchev–Trinajstić information content (AvgIpc) is 3.05. The fraction of sp³-hybridized carbons (Fsp3) is 0.0952. The van der Waals surface area contributed by atoms with Crippen molar-refractivity contribution in [2.45, 2.75) is 4.90 Å². The number of nitrogens with one attached hydrogen (secondary N) is 1. The van der Waals surface area contributed by atoms with Crippen LogP contribution >= 0.6 is 12.0 Å². The van der Waals surface area contributed by atoms with Crippen molar-refractivity contribution in [1.29, 1.82) is 0 Å². The number of hydroxylamine groups is 2. The van der Waals surface area contributed by atoms with Gasteiger partial charge in [-0.3, -0.25) is 4.79 Å². The van der Waals surface area contributed by atoms with Crippen molar-refractivity contribution in [3.8, 4) is 11.1 Å². The highest BCUT2D eigenvalue weighted by atomic mass is 32.2. The van der Waals surface area contributed by atoms with Crippen molar-refractivity contribution in [2.24, 2.45) is 0 Å². The number of carbonyl (C=O) groups is 1. The second-order valence-corrected chi connectivity index (χ2v) is 7.10. The van der Waals surface area contributed by atoms with Crippen molar-refractivity contribution in [3.63, 3.8) is 0 Å². The molecular weight excluding hydrogens is 360 g/mol. The maximum Gasteiger partial charge on any atom is 0.256 e. The van der Waals surface area contributed by atoms with Gasteiger partial charge in [-0.25, -0.2) is 0 Å². The van der Waals surface area contributed by atoms with E-state index in [0.29, 0.717) is 5.57 Å². The van der Waals surface area contributed by atoms with Crippen LogP contribution in [0.5, 0.6) is 0 Å². The first-order valence-corrected chi connectivity index (χ1v) is 9.20. The van der Waals surface area contributed by atoms with Crippen LogP contribution in [-0.4, -0.2) is 25.1 Å². The van der Waals surface area contributed by atoms with Gasteiger partial charge >= 0.3 is 0 Å². The molecule has 0 spiro atoms. The topological polar surface area (TPSA) is 50.8 Å². The Balaban J connectivity index is 1.67. The average molecular weight is 378 g/mol. The lowest BCUT2D eigenvalue weighted by Gasteiger charge is -2.08. The molecule has 4 rings (SSSR count). The molecular formula is C21H18N2O3S. The van der Waals surface area contributed by atoms with E-state index in [0.717, 1.165) is 44.9 Å². The molecule has 0 saturated carbocycles. The summed E-state index contributed by atoms with van der Waals surface area (Å²) in [6.45, 7) is 0. The van der Waals surface area contributed by atoms with E-state index >= 15 is 0 Å². The highest BCUT2D eigenvalue weighted by molar-refractivity contribution is 7.94. The molecule has 0 bridgehead atoms. The molecule has 2 aliphatic carbocycles. The summed E-state index contributed by atoms with van der Waals surface area (Å²) in [6, 6.07) is 19.9. The summed E-state index contributed by atoms with van der Waals surface area (Å²) in [7, 11) is 3.47. The molecule has 0 atom stereocenters. The van der Waals surface area contributed by atoms with Gasteiger partial charge in [-0.1, -0.05) is 42.5 Å². The molecule has 5 nitrogen and oxygen atoms in total. The highest BCUT2D eigenvalue weighted by Crippen LogP contribution is 2.38. The van der Waals surface area contributed by atoms with Crippen LogP contribution in [-0.2, 0) is 14.1 Å². The molecule has 1 aromatic rings. The van der Waals surface area contributed by atoms with Crippen molar-refractivity contribution in [2.75, 3.05) is 19.4 Å².